The van der Waals surface area contributed by atoms with Gasteiger partial charge >= 0.3 is 0 Å². The number of hydrogen-bond donors (Lipinski definition) is 1. The van der Waals surface area contributed by atoms with E-state index in [4.69, 9.17) is 11.6 Å². The third-order valence-corrected chi connectivity index (χ3v) is 4.73. The summed E-state index contributed by atoms with van der Waals surface area (Å²) in [5, 5.41) is 4.72. The van der Waals surface area contributed by atoms with Crippen molar-refractivity contribution in [2.45, 2.75) is 38.8 Å². The van der Waals surface area contributed by atoms with Crippen LogP contribution in [0.4, 0.5) is 0 Å². The van der Waals surface area contributed by atoms with Crippen molar-refractivity contribution in [1.29, 1.82) is 0 Å². The van der Waals surface area contributed by atoms with Gasteiger partial charge in [-0.3, -0.25) is 4.90 Å². The first-order valence-electron chi connectivity index (χ1n) is 6.62. The van der Waals surface area contributed by atoms with Gasteiger partial charge in [0.05, 0.1) is 12.2 Å². The van der Waals surface area contributed by atoms with Crippen LogP contribution in [0.15, 0.2) is 6.20 Å². The molecule has 1 N–H and O–H groups in total. The molecule has 0 saturated carbocycles. The SMILES string of the molecule is CC(C)NCC1CCCN(C)C1c1ncc(Cl)s1. The van der Waals surface area contributed by atoms with E-state index in [-0.39, 0.29) is 0 Å². The molecule has 0 bridgehead atoms. The number of rotatable bonds is 4. The lowest BCUT2D eigenvalue weighted by atomic mass is 9.89. The molecular weight excluding hydrogens is 266 g/mol. The molecule has 0 radical (unpaired) electrons. The van der Waals surface area contributed by atoms with E-state index < -0.39 is 0 Å². The summed E-state index contributed by atoms with van der Waals surface area (Å²) >= 11 is 7.65. The third kappa shape index (κ3) is 3.44. The fraction of sp³-hybridized carbons (Fsp3) is 0.769. The zero-order chi connectivity index (χ0) is 13.1. The second kappa shape index (κ2) is 6.33. The van der Waals surface area contributed by atoms with E-state index in [9.17, 15) is 0 Å². The topological polar surface area (TPSA) is 28.2 Å². The summed E-state index contributed by atoms with van der Waals surface area (Å²) in [6, 6.07) is 0.959. The molecule has 0 amide bonds. The normalized spacial score (nSPS) is 25.8. The minimum atomic E-state index is 0.419. The molecule has 2 unspecified atom stereocenters. The Morgan fingerprint density at radius 2 is 2.39 bits per heavy atom. The fourth-order valence-corrected chi connectivity index (χ4v) is 3.84. The van der Waals surface area contributed by atoms with Crippen molar-refractivity contribution in [2.24, 2.45) is 5.92 Å². The van der Waals surface area contributed by atoms with Gasteiger partial charge in [-0.05, 0) is 32.4 Å². The minimum absolute atomic E-state index is 0.419. The van der Waals surface area contributed by atoms with Crippen molar-refractivity contribution in [3.63, 3.8) is 0 Å². The fourth-order valence-electron chi connectivity index (χ4n) is 2.65. The molecule has 1 saturated heterocycles. The Kier molecular flexibility index (Phi) is 5.01. The molecule has 1 aromatic rings. The second-order valence-electron chi connectivity index (χ2n) is 5.39. The van der Waals surface area contributed by atoms with E-state index >= 15 is 0 Å². The van der Waals surface area contributed by atoms with Crippen LogP contribution < -0.4 is 5.32 Å². The van der Waals surface area contributed by atoms with Crippen LogP contribution in [0.1, 0.15) is 37.7 Å². The average Bonchev–Trinajstić information content (AvgIpc) is 2.72. The van der Waals surface area contributed by atoms with Gasteiger partial charge in [-0.15, -0.1) is 11.3 Å². The van der Waals surface area contributed by atoms with Crippen molar-refractivity contribution in [2.75, 3.05) is 20.1 Å². The lowest BCUT2D eigenvalue weighted by molar-refractivity contribution is 0.118. The molecule has 2 rings (SSSR count). The molecule has 102 valence electrons. The van der Waals surface area contributed by atoms with Gasteiger partial charge in [0, 0.05) is 12.6 Å². The first-order valence-corrected chi connectivity index (χ1v) is 7.82. The van der Waals surface area contributed by atoms with Crippen LogP contribution in [0, 0.1) is 5.92 Å². The quantitative estimate of drug-likeness (QED) is 0.922. The van der Waals surface area contributed by atoms with Crippen LogP contribution in [0.25, 0.3) is 0 Å². The van der Waals surface area contributed by atoms with Crippen LogP contribution in [0.2, 0.25) is 4.34 Å². The highest BCUT2D eigenvalue weighted by Crippen LogP contribution is 2.37. The summed E-state index contributed by atoms with van der Waals surface area (Å²) in [6.45, 7) is 6.60. The number of piperidine rings is 1. The summed E-state index contributed by atoms with van der Waals surface area (Å²) < 4.78 is 0.791. The molecule has 0 aliphatic carbocycles. The van der Waals surface area contributed by atoms with Gasteiger partial charge < -0.3 is 5.32 Å². The van der Waals surface area contributed by atoms with E-state index in [1.165, 1.54) is 12.8 Å². The maximum atomic E-state index is 6.02. The average molecular weight is 288 g/mol. The molecule has 1 fully saturated rings. The Morgan fingerprint density at radius 1 is 1.61 bits per heavy atom. The van der Waals surface area contributed by atoms with Crippen LogP contribution in [-0.4, -0.2) is 36.1 Å². The molecule has 1 aliphatic rings. The van der Waals surface area contributed by atoms with E-state index in [1.807, 2.05) is 0 Å². The van der Waals surface area contributed by atoms with Crippen molar-refractivity contribution >= 4 is 22.9 Å². The van der Waals surface area contributed by atoms with Crippen LogP contribution >= 0.6 is 22.9 Å². The Bertz CT molecular complexity index is 380. The monoisotopic (exact) mass is 287 g/mol. The number of likely N-dealkylation sites (tertiary alicyclic amines) is 1. The highest BCUT2D eigenvalue weighted by atomic mass is 35.5. The van der Waals surface area contributed by atoms with Crippen molar-refractivity contribution in [3.8, 4) is 0 Å². The molecule has 2 atom stereocenters. The van der Waals surface area contributed by atoms with Gasteiger partial charge in [-0.2, -0.15) is 0 Å². The van der Waals surface area contributed by atoms with Gasteiger partial charge in [0.25, 0.3) is 0 Å². The van der Waals surface area contributed by atoms with Gasteiger partial charge in [-0.1, -0.05) is 25.4 Å². The number of nitrogens with zero attached hydrogens (tertiary/aromatic N) is 2. The first-order chi connectivity index (χ1) is 8.58. The van der Waals surface area contributed by atoms with Crippen LogP contribution in [0.3, 0.4) is 0 Å². The Balaban J connectivity index is 2.10. The van der Waals surface area contributed by atoms with E-state index in [1.54, 1.807) is 17.5 Å². The lowest BCUT2D eigenvalue weighted by Crippen LogP contribution is -2.41. The Labute approximate surface area is 119 Å². The largest absolute Gasteiger partial charge is 0.314 e. The molecule has 3 nitrogen and oxygen atoms in total. The van der Waals surface area contributed by atoms with Crippen molar-refractivity contribution in [1.82, 2.24) is 15.2 Å². The van der Waals surface area contributed by atoms with Crippen LogP contribution in [-0.2, 0) is 0 Å². The number of hydrogen-bond acceptors (Lipinski definition) is 4. The number of nitrogens with one attached hydrogen (secondary N) is 1. The number of halogens is 1. The Hall–Kier alpha value is -0.160. The summed E-state index contributed by atoms with van der Waals surface area (Å²) in [5.41, 5.74) is 0. The predicted octanol–water partition coefficient (Wildman–Crippen LogP) is 3.18. The second-order valence-corrected chi connectivity index (χ2v) is 7.09. The van der Waals surface area contributed by atoms with E-state index in [0.29, 0.717) is 18.0 Å². The molecule has 18 heavy (non-hydrogen) atoms. The van der Waals surface area contributed by atoms with Gasteiger partial charge in [-0.25, -0.2) is 4.98 Å². The summed E-state index contributed by atoms with van der Waals surface area (Å²) in [6.07, 6.45) is 4.32. The van der Waals surface area contributed by atoms with Crippen molar-refractivity contribution < 1.29 is 0 Å². The molecular formula is C13H22ClN3S. The Morgan fingerprint density at radius 3 is 3.00 bits per heavy atom. The summed E-state index contributed by atoms with van der Waals surface area (Å²) in [7, 11) is 2.20. The van der Waals surface area contributed by atoms with Gasteiger partial charge in [0.1, 0.15) is 9.34 Å². The molecule has 0 spiro atoms. The molecule has 1 aliphatic heterocycles. The highest BCUT2D eigenvalue weighted by Gasteiger charge is 2.32. The molecule has 0 aromatic carbocycles. The maximum Gasteiger partial charge on any atom is 0.113 e. The third-order valence-electron chi connectivity index (χ3n) is 3.54. The smallest absolute Gasteiger partial charge is 0.113 e. The summed E-state index contributed by atoms with van der Waals surface area (Å²) in [4.78, 5) is 6.91. The highest BCUT2D eigenvalue weighted by molar-refractivity contribution is 7.15. The predicted molar refractivity (Wildman–Crippen MR) is 78.4 cm³/mol. The molecule has 2 heterocycles. The zero-order valence-electron chi connectivity index (χ0n) is 11.3. The van der Waals surface area contributed by atoms with E-state index in [2.05, 4.69) is 36.1 Å². The minimum Gasteiger partial charge on any atom is -0.314 e. The maximum absolute atomic E-state index is 6.02. The summed E-state index contributed by atoms with van der Waals surface area (Å²) in [5.74, 6) is 0.633. The van der Waals surface area contributed by atoms with Crippen LogP contribution in [0.5, 0.6) is 0 Å². The van der Waals surface area contributed by atoms with E-state index in [0.717, 1.165) is 22.4 Å². The molecule has 5 heteroatoms. The number of thiazole rings is 1. The van der Waals surface area contributed by atoms with Crippen molar-refractivity contribution in [3.05, 3.63) is 15.5 Å². The van der Waals surface area contributed by atoms with Gasteiger partial charge in [0.15, 0.2) is 0 Å². The lowest BCUT2D eigenvalue weighted by Gasteiger charge is -2.38. The first kappa shape index (κ1) is 14.3. The number of aromatic nitrogens is 1. The zero-order valence-corrected chi connectivity index (χ0v) is 12.9. The standard InChI is InChI=1S/C13H22ClN3S/c1-9(2)15-7-10-5-4-6-17(3)12(10)13-16-8-11(14)18-13/h8-10,12,15H,4-7H2,1-3H3. The molecule has 1 aromatic heterocycles. The van der Waals surface area contributed by atoms with Gasteiger partial charge in [0.2, 0.25) is 0 Å².